The van der Waals surface area contributed by atoms with Gasteiger partial charge in [0.2, 0.25) is 0 Å². The molecule has 2 aromatic carbocycles. The number of carbonyl (C=O) groups is 1. The van der Waals surface area contributed by atoms with Crippen molar-refractivity contribution in [3.8, 4) is 11.1 Å². The van der Waals surface area contributed by atoms with Crippen LogP contribution < -0.4 is 5.56 Å². The Balaban J connectivity index is 1.74. The standard InChI is InChI=1S/C20H12Cl2N2O2S/c21-15-7-6-13(8-16(15)22)17(25)9-24-11-23-19-18(20(24)26)14(10-27-19)12-4-2-1-3-5-12/h1-8,10-11H,9H2. The van der Waals surface area contributed by atoms with Gasteiger partial charge in [-0.15, -0.1) is 11.3 Å². The highest BCUT2D eigenvalue weighted by molar-refractivity contribution is 7.17. The molecule has 0 aliphatic rings. The molecule has 0 atom stereocenters. The number of hydrogen-bond acceptors (Lipinski definition) is 4. The molecule has 0 radical (unpaired) electrons. The number of hydrogen-bond donors (Lipinski definition) is 0. The Morgan fingerprint density at radius 2 is 1.85 bits per heavy atom. The van der Waals surface area contributed by atoms with Gasteiger partial charge < -0.3 is 0 Å². The average Bonchev–Trinajstić information content (AvgIpc) is 3.12. The van der Waals surface area contributed by atoms with E-state index in [2.05, 4.69) is 4.98 Å². The molecule has 0 aliphatic heterocycles. The summed E-state index contributed by atoms with van der Waals surface area (Å²) in [7, 11) is 0. The molecule has 0 N–H and O–H groups in total. The van der Waals surface area contributed by atoms with Gasteiger partial charge in [-0.25, -0.2) is 4.98 Å². The Kier molecular flexibility index (Phi) is 4.83. The molecule has 0 amide bonds. The van der Waals surface area contributed by atoms with E-state index in [1.54, 1.807) is 12.1 Å². The third kappa shape index (κ3) is 3.41. The van der Waals surface area contributed by atoms with Crippen molar-refractivity contribution in [1.82, 2.24) is 9.55 Å². The third-order valence-corrected chi connectivity index (χ3v) is 5.83. The first-order valence-corrected chi connectivity index (χ1v) is 9.68. The van der Waals surface area contributed by atoms with Crippen molar-refractivity contribution < 1.29 is 4.79 Å². The number of Topliss-reactive ketones (excluding diaryl/α,β-unsaturated/α-hetero) is 1. The average molecular weight is 415 g/mol. The van der Waals surface area contributed by atoms with E-state index >= 15 is 0 Å². The highest BCUT2D eigenvalue weighted by Crippen LogP contribution is 2.30. The van der Waals surface area contributed by atoms with E-state index in [0.29, 0.717) is 25.8 Å². The zero-order valence-corrected chi connectivity index (χ0v) is 16.2. The van der Waals surface area contributed by atoms with Crippen LogP contribution in [0.1, 0.15) is 10.4 Å². The Hall–Kier alpha value is -2.47. The van der Waals surface area contributed by atoms with Crippen molar-refractivity contribution in [3.05, 3.63) is 86.2 Å². The summed E-state index contributed by atoms with van der Waals surface area (Å²) in [6.45, 7) is -0.121. The van der Waals surface area contributed by atoms with E-state index in [9.17, 15) is 9.59 Å². The summed E-state index contributed by atoms with van der Waals surface area (Å²) in [5.74, 6) is -0.242. The smallest absolute Gasteiger partial charge is 0.263 e. The molecule has 4 nitrogen and oxygen atoms in total. The fraction of sp³-hybridized carbons (Fsp3) is 0.0500. The van der Waals surface area contributed by atoms with E-state index in [1.165, 1.54) is 28.3 Å². The van der Waals surface area contributed by atoms with Crippen molar-refractivity contribution in [2.75, 3.05) is 0 Å². The van der Waals surface area contributed by atoms with E-state index < -0.39 is 0 Å². The van der Waals surface area contributed by atoms with Gasteiger partial charge >= 0.3 is 0 Å². The van der Waals surface area contributed by atoms with Crippen LogP contribution in [0.4, 0.5) is 0 Å². The Morgan fingerprint density at radius 3 is 2.59 bits per heavy atom. The maximum Gasteiger partial charge on any atom is 0.263 e. The fourth-order valence-electron chi connectivity index (χ4n) is 2.83. The molecule has 134 valence electrons. The summed E-state index contributed by atoms with van der Waals surface area (Å²) in [5, 5.41) is 3.11. The number of benzene rings is 2. The minimum Gasteiger partial charge on any atom is -0.292 e. The summed E-state index contributed by atoms with van der Waals surface area (Å²) in [6.07, 6.45) is 1.41. The van der Waals surface area contributed by atoms with E-state index in [-0.39, 0.29) is 17.9 Å². The first-order chi connectivity index (χ1) is 13.0. The lowest BCUT2D eigenvalue weighted by Gasteiger charge is -2.07. The second-order valence-corrected chi connectivity index (χ2v) is 7.60. The number of carbonyl (C=O) groups excluding carboxylic acids is 1. The summed E-state index contributed by atoms with van der Waals surface area (Å²) >= 11 is 13.3. The molecule has 0 spiro atoms. The van der Waals surface area contributed by atoms with Crippen LogP contribution in [-0.2, 0) is 6.54 Å². The molecule has 4 rings (SSSR count). The molecule has 0 aliphatic carbocycles. The topological polar surface area (TPSA) is 52.0 Å². The van der Waals surface area contributed by atoms with Gasteiger partial charge in [0.1, 0.15) is 4.83 Å². The van der Waals surface area contributed by atoms with E-state index in [0.717, 1.165) is 11.1 Å². The van der Waals surface area contributed by atoms with Gasteiger partial charge in [-0.1, -0.05) is 53.5 Å². The molecule has 27 heavy (non-hydrogen) atoms. The fourth-order valence-corrected chi connectivity index (χ4v) is 4.03. The summed E-state index contributed by atoms with van der Waals surface area (Å²) < 4.78 is 1.33. The van der Waals surface area contributed by atoms with Gasteiger partial charge in [0.05, 0.1) is 28.3 Å². The van der Waals surface area contributed by atoms with Crippen molar-refractivity contribution in [1.29, 1.82) is 0 Å². The predicted octanol–water partition coefficient (Wildman–Crippen LogP) is 5.31. The lowest BCUT2D eigenvalue weighted by atomic mass is 10.1. The van der Waals surface area contributed by atoms with Gasteiger partial charge in [-0.3, -0.25) is 14.2 Å². The van der Waals surface area contributed by atoms with Crippen LogP contribution in [0.15, 0.2) is 65.0 Å². The largest absolute Gasteiger partial charge is 0.292 e. The molecule has 0 saturated heterocycles. The van der Waals surface area contributed by atoms with Crippen molar-refractivity contribution in [3.63, 3.8) is 0 Å². The van der Waals surface area contributed by atoms with Crippen molar-refractivity contribution in [2.24, 2.45) is 0 Å². The highest BCUT2D eigenvalue weighted by Gasteiger charge is 2.15. The second kappa shape index (κ2) is 7.27. The number of halogens is 2. The molecule has 0 saturated carbocycles. The molecular weight excluding hydrogens is 403 g/mol. The van der Waals surface area contributed by atoms with Gasteiger partial charge in [-0.2, -0.15) is 0 Å². The molecule has 4 aromatic rings. The van der Waals surface area contributed by atoms with E-state index in [4.69, 9.17) is 23.2 Å². The minimum atomic E-state index is -0.242. The molecule has 2 aromatic heterocycles. The lowest BCUT2D eigenvalue weighted by molar-refractivity contribution is 0.0970. The highest BCUT2D eigenvalue weighted by atomic mass is 35.5. The van der Waals surface area contributed by atoms with Crippen LogP contribution in [-0.4, -0.2) is 15.3 Å². The Bertz CT molecular complexity index is 1220. The lowest BCUT2D eigenvalue weighted by Crippen LogP contribution is -2.24. The molecule has 0 unspecified atom stereocenters. The third-order valence-electron chi connectivity index (χ3n) is 4.20. The normalized spacial score (nSPS) is 11.0. The van der Waals surface area contributed by atoms with Crippen LogP contribution in [0, 0.1) is 0 Å². The molecule has 7 heteroatoms. The quantitative estimate of drug-likeness (QED) is 0.424. The van der Waals surface area contributed by atoms with Crippen LogP contribution in [0.5, 0.6) is 0 Å². The zero-order chi connectivity index (χ0) is 19.0. The maximum absolute atomic E-state index is 13.0. The Labute approximate surface area is 168 Å². The van der Waals surface area contributed by atoms with Crippen LogP contribution >= 0.6 is 34.5 Å². The number of fused-ring (bicyclic) bond motifs is 1. The molecule has 2 heterocycles. The van der Waals surface area contributed by atoms with Gasteiger partial charge in [0.25, 0.3) is 5.56 Å². The number of thiophene rings is 1. The van der Waals surface area contributed by atoms with Gasteiger partial charge in [0, 0.05) is 16.5 Å². The maximum atomic E-state index is 13.0. The van der Waals surface area contributed by atoms with Crippen LogP contribution in [0.25, 0.3) is 21.3 Å². The number of nitrogens with zero attached hydrogens (tertiary/aromatic N) is 2. The van der Waals surface area contributed by atoms with Crippen LogP contribution in [0.2, 0.25) is 10.0 Å². The number of ketones is 1. The zero-order valence-electron chi connectivity index (χ0n) is 13.9. The molecule has 0 fully saturated rings. The first-order valence-electron chi connectivity index (χ1n) is 8.05. The predicted molar refractivity (Wildman–Crippen MR) is 110 cm³/mol. The first kappa shape index (κ1) is 17.9. The minimum absolute atomic E-state index is 0.121. The number of aromatic nitrogens is 2. The van der Waals surface area contributed by atoms with E-state index in [1.807, 2.05) is 35.7 Å². The summed E-state index contributed by atoms with van der Waals surface area (Å²) in [5.41, 5.74) is 1.92. The van der Waals surface area contributed by atoms with Gasteiger partial charge in [0.15, 0.2) is 5.78 Å². The van der Waals surface area contributed by atoms with Gasteiger partial charge in [-0.05, 0) is 23.8 Å². The monoisotopic (exact) mass is 414 g/mol. The SMILES string of the molecule is O=C(Cn1cnc2scc(-c3ccccc3)c2c1=O)c1ccc(Cl)c(Cl)c1. The second-order valence-electron chi connectivity index (χ2n) is 5.93. The molecular formula is C20H12Cl2N2O2S. The Morgan fingerprint density at radius 1 is 1.07 bits per heavy atom. The summed E-state index contributed by atoms with van der Waals surface area (Å²) in [6, 6.07) is 14.3. The van der Waals surface area contributed by atoms with Crippen LogP contribution in [0.3, 0.4) is 0 Å². The number of rotatable bonds is 4. The van der Waals surface area contributed by atoms with Crippen molar-refractivity contribution in [2.45, 2.75) is 6.54 Å². The summed E-state index contributed by atoms with van der Waals surface area (Å²) in [4.78, 5) is 30.6. The molecule has 0 bridgehead atoms. The van der Waals surface area contributed by atoms with Crippen molar-refractivity contribution >= 4 is 50.5 Å².